The van der Waals surface area contributed by atoms with Crippen LogP contribution in [0.25, 0.3) is 0 Å². The molecule has 3 atom stereocenters. The molecule has 11 heteroatoms. The Morgan fingerprint density at radius 2 is 1.59 bits per heavy atom. The fourth-order valence-electron chi connectivity index (χ4n) is 4.11. The van der Waals surface area contributed by atoms with Gasteiger partial charge < -0.3 is 19.7 Å². The predicted molar refractivity (Wildman–Crippen MR) is 135 cm³/mol. The number of hydrogen-bond acceptors (Lipinski definition) is 7. The van der Waals surface area contributed by atoms with E-state index in [0.717, 1.165) is 5.56 Å². The van der Waals surface area contributed by atoms with Gasteiger partial charge in [-0.05, 0) is 37.0 Å². The normalized spacial score (nSPS) is 16.0. The van der Waals surface area contributed by atoms with Gasteiger partial charge >= 0.3 is 12.1 Å². The van der Waals surface area contributed by atoms with Crippen LogP contribution in [0.4, 0.5) is 4.79 Å². The van der Waals surface area contributed by atoms with E-state index < -0.39 is 31.1 Å². The Morgan fingerprint density at radius 3 is 2.16 bits per heavy atom. The molecule has 1 aliphatic heterocycles. The molecule has 0 aromatic heterocycles. The number of unbranched alkanes of at least 4 members (excludes halogenated alkanes) is 1. The molecular weight excluding hydrogens is 499 g/mol. The van der Waals surface area contributed by atoms with Crippen LogP contribution in [0.1, 0.15) is 52.5 Å². The first-order valence-electron chi connectivity index (χ1n) is 12.0. The Labute approximate surface area is 215 Å². The number of nitrogens with one attached hydrogen (secondary N) is 1. The van der Waals surface area contributed by atoms with Crippen LogP contribution < -0.4 is 5.32 Å². The van der Waals surface area contributed by atoms with Crippen molar-refractivity contribution in [1.82, 2.24) is 10.2 Å². The average molecular weight is 531 g/mol. The second kappa shape index (κ2) is 12.7. The molecule has 1 heterocycles. The number of ether oxygens (including phenoxy) is 1. The molecule has 3 amide bonds. The fraction of sp³-hybridized carbons (Fsp3) is 0.385. The average Bonchev–Trinajstić information content (AvgIpc) is 3.14. The zero-order valence-electron chi connectivity index (χ0n) is 20.8. The van der Waals surface area contributed by atoms with E-state index in [4.69, 9.17) is 9.26 Å². The molecule has 2 N–H and O–H groups in total. The molecule has 0 fully saturated rings. The summed E-state index contributed by atoms with van der Waals surface area (Å²) >= 11 is 0. The van der Waals surface area contributed by atoms with E-state index in [1.165, 1.54) is 18.9 Å². The first kappa shape index (κ1) is 28.1. The van der Waals surface area contributed by atoms with Crippen molar-refractivity contribution in [3.8, 4) is 0 Å². The van der Waals surface area contributed by atoms with Crippen LogP contribution in [0.3, 0.4) is 0 Å². The van der Waals surface area contributed by atoms with Crippen molar-refractivity contribution < 1.29 is 38.1 Å². The highest BCUT2D eigenvalue weighted by molar-refractivity contribution is 7.59. The highest BCUT2D eigenvalue weighted by atomic mass is 31.2. The van der Waals surface area contributed by atoms with Crippen LogP contribution in [0.5, 0.6) is 0 Å². The number of imide groups is 1. The van der Waals surface area contributed by atoms with Crippen LogP contribution in [0.2, 0.25) is 0 Å². The summed E-state index contributed by atoms with van der Waals surface area (Å²) in [4.78, 5) is 50.3. The van der Waals surface area contributed by atoms with E-state index in [-0.39, 0.29) is 37.5 Å². The molecule has 3 unspecified atom stereocenters. The van der Waals surface area contributed by atoms with Crippen LogP contribution in [0, 0.1) is 5.92 Å². The van der Waals surface area contributed by atoms with Gasteiger partial charge in [0.1, 0.15) is 12.4 Å². The lowest BCUT2D eigenvalue weighted by atomic mass is 10.1. The summed E-state index contributed by atoms with van der Waals surface area (Å²) in [5.41, 5.74) is 1.49. The van der Waals surface area contributed by atoms with Gasteiger partial charge in [0.2, 0.25) is 7.37 Å². The van der Waals surface area contributed by atoms with Crippen molar-refractivity contribution >= 4 is 31.2 Å². The van der Waals surface area contributed by atoms with Crippen LogP contribution in [0.15, 0.2) is 54.6 Å². The number of amides is 3. The Bertz CT molecular complexity index is 1150. The van der Waals surface area contributed by atoms with E-state index in [1.807, 2.05) is 6.07 Å². The summed E-state index contributed by atoms with van der Waals surface area (Å²) in [7, 11) is -2.43. The molecule has 0 saturated carbocycles. The van der Waals surface area contributed by atoms with E-state index >= 15 is 0 Å². The third-order valence-electron chi connectivity index (χ3n) is 6.22. The van der Waals surface area contributed by atoms with Gasteiger partial charge in [-0.1, -0.05) is 49.4 Å². The number of benzene rings is 2. The summed E-state index contributed by atoms with van der Waals surface area (Å²) in [6.07, 6.45) is -0.149. The molecule has 0 radical (unpaired) electrons. The second-order valence-corrected chi connectivity index (χ2v) is 11.7. The molecule has 2 aromatic carbocycles. The van der Waals surface area contributed by atoms with Gasteiger partial charge in [0.05, 0.1) is 17.0 Å². The fourth-order valence-corrected chi connectivity index (χ4v) is 6.56. The van der Waals surface area contributed by atoms with E-state index in [2.05, 4.69) is 5.32 Å². The maximum absolute atomic E-state index is 13.6. The number of carbonyl (C=O) groups is 4. The van der Waals surface area contributed by atoms with Gasteiger partial charge in [0.15, 0.2) is 0 Å². The monoisotopic (exact) mass is 530 g/mol. The molecule has 0 aliphatic carbocycles. The third-order valence-corrected chi connectivity index (χ3v) is 9.23. The molecule has 37 heavy (non-hydrogen) atoms. The van der Waals surface area contributed by atoms with Gasteiger partial charge in [-0.15, -0.1) is 0 Å². The minimum Gasteiger partial charge on any atom is -0.481 e. The largest absolute Gasteiger partial charge is 0.481 e. The molecule has 0 spiro atoms. The molecular formula is C26H31N2O8P. The van der Waals surface area contributed by atoms with Gasteiger partial charge in [-0.2, -0.15) is 0 Å². The minimum absolute atomic E-state index is 0.00193. The molecule has 0 saturated heterocycles. The molecule has 198 valence electrons. The highest BCUT2D eigenvalue weighted by Gasteiger charge is 2.38. The lowest BCUT2D eigenvalue weighted by Gasteiger charge is -2.28. The first-order valence-corrected chi connectivity index (χ1v) is 13.8. The van der Waals surface area contributed by atoms with Crippen LogP contribution in [-0.4, -0.2) is 59.5 Å². The minimum atomic E-state index is -3.65. The van der Waals surface area contributed by atoms with E-state index in [9.17, 15) is 28.8 Å². The molecule has 2 aromatic rings. The lowest BCUT2D eigenvalue weighted by molar-refractivity contribution is -0.140. The molecule has 10 nitrogen and oxygen atoms in total. The SMILES string of the molecule is COP(=O)(CC(C)C(=O)O)C(CCCCN1C(=O)c2ccccc2C1=O)NC(=O)OCc1ccccc1. The van der Waals surface area contributed by atoms with Gasteiger partial charge in [0.25, 0.3) is 11.8 Å². The summed E-state index contributed by atoms with van der Waals surface area (Å²) in [5, 5.41) is 11.9. The van der Waals surface area contributed by atoms with E-state index in [1.54, 1.807) is 48.5 Å². The lowest BCUT2D eigenvalue weighted by Crippen LogP contribution is -2.37. The van der Waals surface area contributed by atoms with Crippen molar-refractivity contribution in [1.29, 1.82) is 0 Å². The predicted octanol–water partition coefficient (Wildman–Crippen LogP) is 4.35. The van der Waals surface area contributed by atoms with Gasteiger partial charge in [-0.3, -0.25) is 23.8 Å². The number of alkyl carbamates (subject to hydrolysis) is 1. The maximum atomic E-state index is 13.6. The Kier molecular flexibility index (Phi) is 9.60. The molecule has 3 rings (SSSR count). The Morgan fingerprint density at radius 1 is 1.00 bits per heavy atom. The molecule has 1 aliphatic rings. The zero-order valence-corrected chi connectivity index (χ0v) is 21.7. The summed E-state index contributed by atoms with van der Waals surface area (Å²) in [6, 6.07) is 15.6. The van der Waals surface area contributed by atoms with Gasteiger partial charge in [-0.25, -0.2) is 4.79 Å². The number of carboxylic acid groups (broad SMARTS) is 1. The van der Waals surface area contributed by atoms with Crippen molar-refractivity contribution in [2.75, 3.05) is 19.8 Å². The maximum Gasteiger partial charge on any atom is 0.408 e. The number of rotatable bonds is 13. The first-order chi connectivity index (χ1) is 17.7. The van der Waals surface area contributed by atoms with Crippen molar-refractivity contribution in [3.63, 3.8) is 0 Å². The van der Waals surface area contributed by atoms with E-state index in [0.29, 0.717) is 24.0 Å². The van der Waals surface area contributed by atoms with Crippen molar-refractivity contribution in [3.05, 3.63) is 71.3 Å². The van der Waals surface area contributed by atoms with Gasteiger partial charge in [0, 0.05) is 19.8 Å². The van der Waals surface area contributed by atoms with Crippen molar-refractivity contribution in [2.45, 2.75) is 38.6 Å². The second-order valence-electron chi connectivity index (χ2n) is 8.86. The van der Waals surface area contributed by atoms with Crippen LogP contribution >= 0.6 is 7.37 Å². The van der Waals surface area contributed by atoms with Crippen LogP contribution in [-0.2, 0) is 25.2 Å². The van der Waals surface area contributed by atoms with Crippen molar-refractivity contribution in [2.24, 2.45) is 5.92 Å². The zero-order chi connectivity index (χ0) is 27.0. The summed E-state index contributed by atoms with van der Waals surface area (Å²) in [5.74, 6) is -3.83. The molecule has 0 bridgehead atoms. The summed E-state index contributed by atoms with van der Waals surface area (Å²) < 4.78 is 24.2. The third kappa shape index (κ3) is 7.05. The summed E-state index contributed by atoms with van der Waals surface area (Å²) in [6.45, 7) is 1.57. The standard InChI is InChI=1S/C26H31N2O8P/c1-18(25(31)32)17-37(34,35-2)22(27-26(33)36-16-19-10-4-3-5-11-19)14-8-9-15-28-23(29)20-12-6-7-13-21(20)24(28)30/h3-7,10-13,18,22H,8-9,14-17H2,1-2H3,(H,27,33)(H,31,32). The number of aliphatic carboxylic acids is 1. The number of nitrogens with zero attached hydrogens (tertiary/aromatic N) is 1. The highest BCUT2D eigenvalue weighted by Crippen LogP contribution is 2.53. The number of carboxylic acids is 1. The quantitative estimate of drug-likeness (QED) is 0.221. The Hall–Kier alpha value is -3.49. The number of hydrogen-bond donors (Lipinski definition) is 2. The number of fused-ring (bicyclic) bond motifs is 1. The Balaban J connectivity index is 1.63. The topological polar surface area (TPSA) is 139 Å². The smallest absolute Gasteiger partial charge is 0.408 e. The number of carbonyl (C=O) groups excluding carboxylic acids is 3.